The molecule has 7 N–H and O–H groups in total. The topological polar surface area (TPSA) is 269 Å². The quantitative estimate of drug-likeness (QED) is 0.124. The van der Waals surface area contributed by atoms with Gasteiger partial charge in [-0.15, -0.1) is 0 Å². The van der Waals surface area contributed by atoms with Crippen LogP contribution in [0.4, 0.5) is 17.6 Å². The molecule has 336 valence electrons. The number of piperidine rings is 2. The fourth-order valence-corrected chi connectivity index (χ4v) is 7.27. The first-order valence-electron chi connectivity index (χ1n) is 19.2. The van der Waals surface area contributed by atoms with Gasteiger partial charge in [0, 0.05) is 74.5 Å². The highest BCUT2D eigenvalue weighted by Gasteiger charge is 2.25. The Bertz CT molecular complexity index is 2340. The van der Waals surface area contributed by atoms with E-state index in [0.29, 0.717) is 52.2 Å². The number of halogens is 2. The van der Waals surface area contributed by atoms with Crippen molar-refractivity contribution in [1.82, 2.24) is 29.7 Å². The molecule has 2 aliphatic heterocycles. The molecule has 0 unspecified atom stereocenters. The zero-order valence-corrected chi connectivity index (χ0v) is 36.8. The van der Waals surface area contributed by atoms with Crippen LogP contribution < -0.4 is 32.0 Å². The Morgan fingerprint density at radius 2 is 1.18 bits per heavy atom. The largest absolute Gasteiger partial charge is 0.496 e. The number of methoxy groups -OCH3 is 2. The van der Waals surface area contributed by atoms with Crippen LogP contribution in [0.2, 0.25) is 10.0 Å². The lowest BCUT2D eigenvalue weighted by Gasteiger charge is -2.31. The summed E-state index contributed by atoms with van der Waals surface area (Å²) in [6.45, 7) is 7.71. The summed E-state index contributed by atoms with van der Waals surface area (Å²) in [5, 5.41) is 3.57. The molecule has 0 aliphatic carbocycles. The molecule has 2 aromatic carbocycles. The number of rotatable bonds is 10. The van der Waals surface area contributed by atoms with Crippen molar-refractivity contribution in [2.45, 2.75) is 71.1 Å². The number of amides is 2. The molecule has 4 heterocycles. The Morgan fingerprint density at radius 3 is 1.58 bits per heavy atom. The third-order valence-electron chi connectivity index (χ3n) is 9.83. The van der Waals surface area contributed by atoms with Gasteiger partial charge in [-0.25, -0.2) is 23.4 Å². The molecule has 6 rings (SSSR count). The third kappa shape index (κ3) is 13.4. The van der Waals surface area contributed by atoms with Crippen molar-refractivity contribution < 1.29 is 37.1 Å². The number of carbonyl (C=O) groups excluding carboxylic acids is 4. The monoisotopic (exact) mass is 916 g/mol. The van der Waals surface area contributed by atoms with E-state index in [1.165, 1.54) is 39.5 Å². The highest BCUT2D eigenvalue weighted by molar-refractivity contribution is 7.91. The predicted octanol–water partition coefficient (Wildman–Crippen LogP) is 4.71. The minimum absolute atomic E-state index is 0. The molecule has 18 nitrogen and oxygen atoms in total. The van der Waals surface area contributed by atoms with Gasteiger partial charge in [0.2, 0.25) is 44.3 Å². The maximum absolute atomic E-state index is 12.8. The van der Waals surface area contributed by atoms with Crippen molar-refractivity contribution in [1.29, 1.82) is 0 Å². The highest BCUT2D eigenvalue weighted by atomic mass is 35.5. The number of nitrogen functional groups attached to an aromatic ring is 2. The normalized spacial score (nSPS) is 14.2. The van der Waals surface area contributed by atoms with E-state index < -0.39 is 20.8 Å². The number of nitrogens with zero attached hydrogens (tertiary/aromatic N) is 6. The first kappa shape index (κ1) is 50.7. The number of sulfone groups is 1. The van der Waals surface area contributed by atoms with Crippen LogP contribution in [-0.4, -0.2) is 120 Å². The molecule has 0 saturated carbocycles. The van der Waals surface area contributed by atoms with Crippen molar-refractivity contribution in [3.63, 3.8) is 0 Å². The van der Waals surface area contributed by atoms with Crippen molar-refractivity contribution in [2.24, 2.45) is 5.73 Å². The molecule has 2 saturated heterocycles. The van der Waals surface area contributed by atoms with Crippen LogP contribution >= 0.6 is 23.2 Å². The number of anilines is 3. The molecule has 4 aromatic rings. The maximum atomic E-state index is 12.8. The van der Waals surface area contributed by atoms with Gasteiger partial charge < -0.3 is 41.8 Å². The minimum atomic E-state index is -3.61. The van der Waals surface area contributed by atoms with E-state index in [2.05, 4.69) is 25.3 Å². The average molecular weight is 918 g/mol. The number of benzene rings is 2. The molecule has 2 aliphatic rings. The zero-order valence-electron chi connectivity index (χ0n) is 34.5. The summed E-state index contributed by atoms with van der Waals surface area (Å²) in [4.78, 5) is 67.2. The van der Waals surface area contributed by atoms with Gasteiger partial charge >= 0.3 is 0 Å². The Labute approximate surface area is 371 Å². The predicted molar refractivity (Wildman–Crippen MR) is 239 cm³/mol. The van der Waals surface area contributed by atoms with Gasteiger partial charge in [0.1, 0.15) is 23.1 Å². The van der Waals surface area contributed by atoms with Crippen molar-refractivity contribution in [3.05, 3.63) is 81.1 Å². The van der Waals surface area contributed by atoms with E-state index in [1.54, 1.807) is 38.1 Å². The smallest absolute Gasteiger partial charge is 0.249 e. The number of hydrogen-bond donors (Lipinski definition) is 4. The van der Waals surface area contributed by atoms with E-state index in [-0.39, 0.29) is 65.1 Å². The zero-order chi connectivity index (χ0) is 45.0. The summed E-state index contributed by atoms with van der Waals surface area (Å²) in [6, 6.07) is 9.80. The van der Waals surface area contributed by atoms with Crippen molar-refractivity contribution in [3.8, 4) is 11.5 Å². The van der Waals surface area contributed by atoms with E-state index in [0.717, 1.165) is 45.0 Å². The van der Waals surface area contributed by atoms with Crippen LogP contribution in [0.5, 0.6) is 11.5 Å². The third-order valence-corrected chi connectivity index (χ3v) is 11.8. The van der Waals surface area contributed by atoms with Gasteiger partial charge in [-0.1, -0.05) is 37.6 Å². The van der Waals surface area contributed by atoms with Gasteiger partial charge in [0.25, 0.3) is 0 Å². The molecule has 2 aromatic heterocycles. The lowest BCUT2D eigenvalue weighted by atomic mass is 10.0. The number of nitrogens with two attached hydrogens (primary N) is 3. The SMILES string of the molecule is C.CC(=O)N1CCC(N)CC1.CCS(=O)(=O)c1ncc(C(=O)c2cc(Cl)ccc2OC)c(N)n1.COc1ccc(Cl)cc1C(=O)c1cnc(NC2CCN(C(C)=O)CC2)nc1N. The molecule has 21 heteroatoms. The summed E-state index contributed by atoms with van der Waals surface area (Å²) in [5.74, 6) is 0.128. The van der Waals surface area contributed by atoms with Crippen LogP contribution in [0.15, 0.2) is 53.9 Å². The van der Waals surface area contributed by atoms with E-state index in [1.807, 2.05) is 9.80 Å². The summed E-state index contributed by atoms with van der Waals surface area (Å²) in [6.07, 6.45) is 6.00. The second-order valence-electron chi connectivity index (χ2n) is 14.0. The van der Waals surface area contributed by atoms with Gasteiger partial charge in [-0.05, 0) is 62.1 Å². The molecule has 62 heavy (non-hydrogen) atoms. The summed E-state index contributed by atoms with van der Waals surface area (Å²) < 4.78 is 33.8. The van der Waals surface area contributed by atoms with Gasteiger partial charge in [0.05, 0.1) is 42.2 Å². The van der Waals surface area contributed by atoms with Crippen LogP contribution in [0.3, 0.4) is 0 Å². The number of nitrogens with one attached hydrogen (secondary N) is 1. The van der Waals surface area contributed by atoms with Crippen LogP contribution in [0.25, 0.3) is 0 Å². The van der Waals surface area contributed by atoms with E-state index in [4.69, 9.17) is 49.9 Å². The number of likely N-dealkylation sites (tertiary alicyclic amines) is 2. The molecule has 0 atom stereocenters. The first-order valence-corrected chi connectivity index (χ1v) is 21.6. The number of carbonyl (C=O) groups is 4. The number of ketones is 2. The summed E-state index contributed by atoms with van der Waals surface area (Å²) in [7, 11) is -0.717. The van der Waals surface area contributed by atoms with Crippen molar-refractivity contribution >= 4 is 74.0 Å². The maximum Gasteiger partial charge on any atom is 0.249 e. The number of aromatic nitrogens is 4. The second-order valence-corrected chi connectivity index (χ2v) is 17.0. The molecule has 2 fully saturated rings. The molecule has 0 bridgehead atoms. The summed E-state index contributed by atoms with van der Waals surface area (Å²) >= 11 is 11.9. The van der Waals surface area contributed by atoms with Gasteiger partial charge in [-0.3, -0.25) is 19.2 Å². The lowest BCUT2D eigenvalue weighted by molar-refractivity contribution is -0.130. The van der Waals surface area contributed by atoms with Gasteiger partial charge in [-0.2, -0.15) is 4.98 Å². The van der Waals surface area contributed by atoms with Crippen LogP contribution in [0.1, 0.15) is 85.7 Å². The Balaban J connectivity index is 0.000000270. The lowest BCUT2D eigenvalue weighted by Crippen LogP contribution is -2.41. The fraction of sp³-hybridized carbons (Fsp3) is 0.415. The molecule has 2 amide bonds. The molecule has 0 radical (unpaired) electrons. The van der Waals surface area contributed by atoms with Crippen LogP contribution in [0, 0.1) is 0 Å². The average Bonchev–Trinajstić information content (AvgIpc) is 3.24. The first-order chi connectivity index (χ1) is 28.9. The minimum Gasteiger partial charge on any atom is -0.496 e. The molecular formula is C41H54Cl2N10O8S. The molecular weight excluding hydrogens is 863 g/mol. The second kappa shape index (κ2) is 23.0. The molecule has 0 spiro atoms. The Hall–Kier alpha value is -5.63. The highest BCUT2D eigenvalue weighted by Crippen LogP contribution is 2.28. The fourth-order valence-electron chi connectivity index (χ4n) is 6.21. The van der Waals surface area contributed by atoms with E-state index in [9.17, 15) is 27.6 Å². The van der Waals surface area contributed by atoms with E-state index >= 15 is 0 Å². The Kier molecular flexibility index (Phi) is 18.8. The standard InChI is InChI=1S/C19H22ClN5O3.C14H14ClN3O4S.C7H14N2O.CH4/c1-11(26)25-7-5-13(6-8-25)23-19-22-10-15(18(21)24-19)17(27)14-9-12(20)3-4-16(14)28-2;1-3-23(20,21)14-17-7-10(13(16)18-14)12(19)9-6-8(15)4-5-11(9)22-2;1-6(10)9-4-2-7(8)3-5-9;/h3-4,9-10,13H,5-8H2,1-2H3,(H3,21,22,23,24);4-7H,3H2,1-2H3,(H2,16,17,18);7H,2-5,8H2,1H3;1H4. The summed E-state index contributed by atoms with van der Waals surface area (Å²) in [5.41, 5.74) is 18.0. The Morgan fingerprint density at radius 1 is 0.742 bits per heavy atom. The number of hydrogen-bond acceptors (Lipinski definition) is 16. The van der Waals surface area contributed by atoms with Crippen LogP contribution in [-0.2, 0) is 19.4 Å². The van der Waals surface area contributed by atoms with Crippen molar-refractivity contribution in [2.75, 3.05) is 62.9 Å². The number of ether oxygens (including phenoxy) is 2. The van der Waals surface area contributed by atoms with Gasteiger partial charge in [0.15, 0.2) is 0 Å².